The number of aromatic nitrogens is 2. The van der Waals surface area contributed by atoms with Crippen molar-refractivity contribution in [2.75, 3.05) is 18.2 Å². The molecule has 0 atom stereocenters. The number of amides is 1. The van der Waals surface area contributed by atoms with E-state index in [4.69, 9.17) is 14.1 Å². The van der Waals surface area contributed by atoms with Crippen molar-refractivity contribution >= 4 is 45.4 Å². The van der Waals surface area contributed by atoms with Gasteiger partial charge in [0.1, 0.15) is 16.8 Å². The van der Waals surface area contributed by atoms with Gasteiger partial charge in [-0.2, -0.15) is 0 Å². The minimum atomic E-state index is -0.191. The van der Waals surface area contributed by atoms with Crippen LogP contribution in [0.1, 0.15) is 31.7 Å². The lowest BCUT2D eigenvalue weighted by atomic mass is 10.2. The standard InChI is InChI=1S/C24H23N3O4S/c1-30-19-13-7-5-11-17(19)25-20(28)14-32-24-26-21-16-10-4-6-12-18(16)31-22(21)23(29)27(24)15-8-2-3-9-15/h4-7,10-13,15H,2-3,8-9,14H2,1H3,(H,25,28). The number of rotatable bonds is 6. The van der Waals surface area contributed by atoms with Gasteiger partial charge < -0.3 is 14.5 Å². The molecule has 32 heavy (non-hydrogen) atoms. The zero-order chi connectivity index (χ0) is 22.1. The second-order valence-corrected chi connectivity index (χ2v) is 8.76. The molecule has 0 spiro atoms. The van der Waals surface area contributed by atoms with Crippen LogP contribution in [0.4, 0.5) is 5.69 Å². The van der Waals surface area contributed by atoms with Crippen LogP contribution in [0, 0.1) is 0 Å². The van der Waals surface area contributed by atoms with Crippen LogP contribution in [-0.4, -0.2) is 28.3 Å². The average molecular weight is 450 g/mol. The summed E-state index contributed by atoms with van der Waals surface area (Å²) in [5.74, 6) is 0.528. The number of carbonyl (C=O) groups is 1. The van der Waals surface area contributed by atoms with Crippen molar-refractivity contribution in [1.29, 1.82) is 0 Å². The van der Waals surface area contributed by atoms with Gasteiger partial charge in [0.05, 0.1) is 18.6 Å². The first kappa shape index (κ1) is 20.6. The smallest absolute Gasteiger partial charge is 0.298 e. The van der Waals surface area contributed by atoms with E-state index in [1.165, 1.54) is 11.8 Å². The van der Waals surface area contributed by atoms with E-state index in [0.717, 1.165) is 31.1 Å². The van der Waals surface area contributed by atoms with Crippen molar-refractivity contribution in [1.82, 2.24) is 9.55 Å². The minimum absolute atomic E-state index is 0.0763. The maximum Gasteiger partial charge on any atom is 0.298 e. The van der Waals surface area contributed by atoms with Gasteiger partial charge in [0.2, 0.25) is 11.5 Å². The Kier molecular flexibility index (Phi) is 5.61. The van der Waals surface area contributed by atoms with Gasteiger partial charge in [-0.3, -0.25) is 14.2 Å². The van der Waals surface area contributed by atoms with Crippen molar-refractivity contribution in [2.24, 2.45) is 0 Å². The molecule has 1 saturated carbocycles. The minimum Gasteiger partial charge on any atom is -0.495 e. The summed E-state index contributed by atoms with van der Waals surface area (Å²) in [7, 11) is 1.56. The normalized spacial score (nSPS) is 14.3. The molecule has 0 saturated heterocycles. The molecule has 164 valence electrons. The summed E-state index contributed by atoms with van der Waals surface area (Å²) in [5.41, 5.74) is 1.90. The number of nitrogens with zero attached hydrogens (tertiary/aromatic N) is 2. The molecule has 2 aromatic heterocycles. The van der Waals surface area contributed by atoms with Crippen molar-refractivity contribution in [3.05, 3.63) is 58.9 Å². The van der Waals surface area contributed by atoms with Gasteiger partial charge in [0, 0.05) is 11.4 Å². The third-order valence-electron chi connectivity index (χ3n) is 5.80. The molecule has 5 rings (SSSR count). The molecule has 1 N–H and O–H groups in total. The summed E-state index contributed by atoms with van der Waals surface area (Å²) in [4.78, 5) is 30.9. The van der Waals surface area contributed by atoms with Crippen LogP contribution in [0.25, 0.3) is 22.1 Å². The number of anilines is 1. The summed E-state index contributed by atoms with van der Waals surface area (Å²) < 4.78 is 12.9. The Hall–Kier alpha value is -3.26. The molecule has 0 radical (unpaired) electrons. The van der Waals surface area contributed by atoms with Gasteiger partial charge in [-0.15, -0.1) is 0 Å². The number of hydrogen-bond donors (Lipinski definition) is 1. The SMILES string of the molecule is COc1ccccc1NC(=O)CSc1nc2c(oc3ccccc32)c(=O)n1C1CCCC1. The monoisotopic (exact) mass is 449 g/mol. The van der Waals surface area contributed by atoms with E-state index in [2.05, 4.69) is 5.32 Å². The third-order valence-corrected chi connectivity index (χ3v) is 6.75. The summed E-state index contributed by atoms with van der Waals surface area (Å²) in [6.07, 6.45) is 4.00. The molecule has 1 amide bonds. The number of fused-ring (bicyclic) bond motifs is 3. The molecule has 8 heteroatoms. The highest BCUT2D eigenvalue weighted by Crippen LogP contribution is 2.34. The third kappa shape index (κ3) is 3.75. The maximum absolute atomic E-state index is 13.4. The quantitative estimate of drug-likeness (QED) is 0.329. The van der Waals surface area contributed by atoms with Gasteiger partial charge >= 0.3 is 0 Å². The lowest BCUT2D eigenvalue weighted by Crippen LogP contribution is -2.26. The van der Waals surface area contributed by atoms with E-state index < -0.39 is 0 Å². The molecule has 2 heterocycles. The molecular formula is C24H23N3O4S. The molecule has 4 aromatic rings. The topological polar surface area (TPSA) is 86.4 Å². The van der Waals surface area contributed by atoms with Crippen LogP contribution in [0.15, 0.2) is 62.9 Å². The highest BCUT2D eigenvalue weighted by molar-refractivity contribution is 7.99. The largest absolute Gasteiger partial charge is 0.495 e. The number of hydrogen-bond acceptors (Lipinski definition) is 6. The zero-order valence-corrected chi connectivity index (χ0v) is 18.5. The van der Waals surface area contributed by atoms with Gasteiger partial charge in [0.15, 0.2) is 5.16 Å². The zero-order valence-electron chi connectivity index (χ0n) is 17.7. The van der Waals surface area contributed by atoms with Crippen LogP contribution in [0.5, 0.6) is 5.75 Å². The Bertz CT molecular complexity index is 1350. The highest BCUT2D eigenvalue weighted by atomic mass is 32.2. The first-order valence-corrected chi connectivity index (χ1v) is 11.6. The fourth-order valence-electron chi connectivity index (χ4n) is 4.28. The lowest BCUT2D eigenvalue weighted by Gasteiger charge is -2.17. The number of ether oxygens (including phenoxy) is 1. The van der Waals surface area contributed by atoms with E-state index in [1.54, 1.807) is 23.8 Å². The molecule has 0 unspecified atom stereocenters. The molecule has 7 nitrogen and oxygen atoms in total. The number of carbonyl (C=O) groups excluding carboxylic acids is 1. The molecule has 0 bridgehead atoms. The van der Waals surface area contributed by atoms with Crippen molar-refractivity contribution in [2.45, 2.75) is 36.9 Å². The predicted octanol–water partition coefficient (Wildman–Crippen LogP) is 5.00. The maximum atomic E-state index is 13.4. The molecule has 1 aliphatic carbocycles. The van der Waals surface area contributed by atoms with Gasteiger partial charge in [-0.25, -0.2) is 4.98 Å². The number of para-hydroxylation sites is 3. The van der Waals surface area contributed by atoms with Crippen LogP contribution >= 0.6 is 11.8 Å². The van der Waals surface area contributed by atoms with Gasteiger partial charge in [-0.1, -0.05) is 48.9 Å². The Morgan fingerprint density at radius 2 is 1.94 bits per heavy atom. The van der Waals surface area contributed by atoms with Crippen molar-refractivity contribution < 1.29 is 13.9 Å². The number of benzene rings is 2. The Morgan fingerprint density at radius 1 is 1.19 bits per heavy atom. The molecule has 2 aromatic carbocycles. The van der Waals surface area contributed by atoms with Crippen LogP contribution in [-0.2, 0) is 4.79 Å². The first-order chi connectivity index (χ1) is 15.7. The van der Waals surface area contributed by atoms with E-state index in [9.17, 15) is 9.59 Å². The fourth-order valence-corrected chi connectivity index (χ4v) is 5.14. The van der Waals surface area contributed by atoms with Gasteiger partial charge in [0.25, 0.3) is 5.56 Å². The second kappa shape index (κ2) is 8.70. The summed E-state index contributed by atoms with van der Waals surface area (Å²) >= 11 is 1.27. The van der Waals surface area contributed by atoms with E-state index in [-0.39, 0.29) is 28.8 Å². The highest BCUT2D eigenvalue weighted by Gasteiger charge is 2.25. The number of methoxy groups -OCH3 is 1. The Labute approximate surface area is 188 Å². The van der Waals surface area contributed by atoms with Crippen molar-refractivity contribution in [3.63, 3.8) is 0 Å². The number of furan rings is 1. The Balaban J connectivity index is 1.49. The molecule has 1 aliphatic rings. The predicted molar refractivity (Wildman–Crippen MR) is 126 cm³/mol. The second-order valence-electron chi connectivity index (χ2n) is 7.82. The van der Waals surface area contributed by atoms with E-state index in [1.807, 2.05) is 36.4 Å². The fraction of sp³-hybridized carbons (Fsp3) is 0.292. The molecule has 1 fully saturated rings. The van der Waals surface area contributed by atoms with Crippen LogP contribution < -0.4 is 15.6 Å². The van der Waals surface area contributed by atoms with Gasteiger partial charge in [-0.05, 0) is 37.1 Å². The lowest BCUT2D eigenvalue weighted by molar-refractivity contribution is -0.113. The Morgan fingerprint density at radius 3 is 2.75 bits per heavy atom. The molecule has 0 aliphatic heterocycles. The number of thioether (sulfide) groups is 1. The van der Waals surface area contributed by atoms with E-state index >= 15 is 0 Å². The summed E-state index contributed by atoms with van der Waals surface area (Å²) in [5, 5.41) is 4.23. The summed E-state index contributed by atoms with van der Waals surface area (Å²) in [6, 6.07) is 14.8. The summed E-state index contributed by atoms with van der Waals surface area (Å²) in [6.45, 7) is 0. The van der Waals surface area contributed by atoms with Crippen LogP contribution in [0.3, 0.4) is 0 Å². The van der Waals surface area contributed by atoms with E-state index in [0.29, 0.717) is 27.7 Å². The number of nitrogens with one attached hydrogen (secondary N) is 1. The molecular weight excluding hydrogens is 426 g/mol. The first-order valence-electron chi connectivity index (χ1n) is 10.6. The van der Waals surface area contributed by atoms with Crippen molar-refractivity contribution in [3.8, 4) is 5.75 Å². The van der Waals surface area contributed by atoms with Crippen LogP contribution in [0.2, 0.25) is 0 Å². The average Bonchev–Trinajstić information content (AvgIpc) is 3.46.